The van der Waals surface area contributed by atoms with Gasteiger partial charge in [0.1, 0.15) is 23.7 Å². The van der Waals surface area contributed by atoms with E-state index in [1.807, 2.05) is 12.1 Å². The van der Waals surface area contributed by atoms with E-state index < -0.39 is 0 Å². The zero-order valence-corrected chi connectivity index (χ0v) is 19.4. The van der Waals surface area contributed by atoms with Gasteiger partial charge in [0.05, 0.1) is 25.2 Å². The van der Waals surface area contributed by atoms with Gasteiger partial charge in [0, 0.05) is 44.0 Å². The lowest BCUT2D eigenvalue weighted by atomic mass is 10.2. The molecule has 10 heteroatoms. The predicted octanol–water partition coefficient (Wildman–Crippen LogP) is 2.73. The van der Waals surface area contributed by atoms with Crippen LogP contribution in [0.4, 0.5) is 15.9 Å². The highest BCUT2D eigenvalue weighted by Crippen LogP contribution is 2.25. The second kappa shape index (κ2) is 9.96. The van der Waals surface area contributed by atoms with Crippen molar-refractivity contribution in [1.82, 2.24) is 25.1 Å². The SMILES string of the molecule is COc1cccc(C(=O)NCCn2ncc3c(N4CCN(c5ccc(F)cc5)CC4)ncnc32)c1. The second-order valence-electron chi connectivity index (χ2n) is 8.24. The summed E-state index contributed by atoms with van der Waals surface area (Å²) in [6, 6.07) is 13.6. The summed E-state index contributed by atoms with van der Waals surface area (Å²) < 4.78 is 20.2. The largest absolute Gasteiger partial charge is 0.497 e. The maximum atomic E-state index is 13.2. The van der Waals surface area contributed by atoms with Crippen molar-refractivity contribution in [2.75, 3.05) is 49.6 Å². The molecule has 0 unspecified atom stereocenters. The fraction of sp³-hybridized carbons (Fsp3) is 0.280. The molecule has 1 saturated heterocycles. The van der Waals surface area contributed by atoms with Crippen LogP contribution in [-0.4, -0.2) is 65.5 Å². The maximum absolute atomic E-state index is 13.2. The van der Waals surface area contributed by atoms with Crippen LogP contribution >= 0.6 is 0 Å². The van der Waals surface area contributed by atoms with E-state index >= 15 is 0 Å². The predicted molar refractivity (Wildman–Crippen MR) is 131 cm³/mol. The molecule has 2 aromatic carbocycles. The summed E-state index contributed by atoms with van der Waals surface area (Å²) in [5.41, 5.74) is 2.29. The summed E-state index contributed by atoms with van der Waals surface area (Å²) in [5, 5.41) is 8.28. The lowest BCUT2D eigenvalue weighted by molar-refractivity contribution is 0.0951. The highest BCUT2D eigenvalue weighted by atomic mass is 19.1. The first-order valence-electron chi connectivity index (χ1n) is 11.5. The summed E-state index contributed by atoms with van der Waals surface area (Å²) >= 11 is 0. The van der Waals surface area contributed by atoms with Crippen molar-refractivity contribution in [3.8, 4) is 5.75 Å². The van der Waals surface area contributed by atoms with Crippen molar-refractivity contribution in [2.45, 2.75) is 6.54 Å². The number of carbonyl (C=O) groups is 1. The van der Waals surface area contributed by atoms with Crippen LogP contribution < -0.4 is 19.9 Å². The van der Waals surface area contributed by atoms with Gasteiger partial charge in [-0.15, -0.1) is 0 Å². The fourth-order valence-corrected chi connectivity index (χ4v) is 4.27. The lowest BCUT2D eigenvalue weighted by Gasteiger charge is -2.36. The van der Waals surface area contributed by atoms with E-state index in [0.29, 0.717) is 24.4 Å². The van der Waals surface area contributed by atoms with Crippen molar-refractivity contribution in [3.05, 3.63) is 72.4 Å². The number of hydrogen-bond acceptors (Lipinski definition) is 7. The molecule has 0 aliphatic carbocycles. The molecule has 3 heterocycles. The molecule has 5 rings (SSSR count). The highest BCUT2D eigenvalue weighted by molar-refractivity contribution is 5.94. The van der Waals surface area contributed by atoms with Gasteiger partial charge in [-0.2, -0.15) is 5.10 Å². The summed E-state index contributed by atoms with van der Waals surface area (Å²) in [5.74, 6) is 1.08. The van der Waals surface area contributed by atoms with Gasteiger partial charge in [-0.25, -0.2) is 19.0 Å². The average molecular weight is 476 g/mol. The minimum Gasteiger partial charge on any atom is -0.497 e. The van der Waals surface area contributed by atoms with Gasteiger partial charge in [-0.05, 0) is 42.5 Å². The van der Waals surface area contributed by atoms with E-state index in [1.54, 1.807) is 48.6 Å². The first-order chi connectivity index (χ1) is 17.1. The van der Waals surface area contributed by atoms with Gasteiger partial charge in [0.2, 0.25) is 0 Å². The van der Waals surface area contributed by atoms with E-state index in [4.69, 9.17) is 4.74 Å². The van der Waals surface area contributed by atoms with Crippen LogP contribution in [0.15, 0.2) is 61.1 Å². The first-order valence-corrected chi connectivity index (χ1v) is 11.5. The number of anilines is 2. The number of methoxy groups -OCH3 is 1. The monoisotopic (exact) mass is 475 g/mol. The van der Waals surface area contributed by atoms with Crippen LogP contribution in [0.5, 0.6) is 5.75 Å². The Hall–Kier alpha value is -4.21. The Morgan fingerprint density at radius 2 is 1.83 bits per heavy atom. The lowest BCUT2D eigenvalue weighted by Crippen LogP contribution is -2.46. The number of nitrogens with one attached hydrogen (secondary N) is 1. The van der Waals surface area contributed by atoms with Gasteiger partial charge in [0.25, 0.3) is 5.91 Å². The van der Waals surface area contributed by atoms with Crippen LogP contribution in [0, 0.1) is 5.82 Å². The van der Waals surface area contributed by atoms with Crippen molar-refractivity contribution >= 4 is 28.4 Å². The number of nitrogens with zero attached hydrogens (tertiary/aromatic N) is 6. The van der Waals surface area contributed by atoms with E-state index in [2.05, 4.69) is 30.2 Å². The minimum atomic E-state index is -0.229. The molecule has 1 fully saturated rings. The van der Waals surface area contributed by atoms with E-state index in [9.17, 15) is 9.18 Å². The quantitative estimate of drug-likeness (QED) is 0.440. The van der Waals surface area contributed by atoms with Crippen molar-refractivity contribution in [2.24, 2.45) is 0 Å². The van der Waals surface area contributed by atoms with E-state index in [0.717, 1.165) is 48.7 Å². The van der Waals surface area contributed by atoms with Crippen molar-refractivity contribution < 1.29 is 13.9 Å². The molecule has 1 N–H and O–H groups in total. The van der Waals surface area contributed by atoms with E-state index in [1.165, 1.54) is 12.1 Å². The number of amides is 1. The maximum Gasteiger partial charge on any atom is 0.251 e. The van der Waals surface area contributed by atoms with Gasteiger partial charge in [-0.3, -0.25) is 4.79 Å². The van der Waals surface area contributed by atoms with Gasteiger partial charge in [-0.1, -0.05) is 6.07 Å². The number of hydrogen-bond donors (Lipinski definition) is 1. The molecule has 0 bridgehead atoms. The summed E-state index contributed by atoms with van der Waals surface area (Å²) in [6.07, 6.45) is 3.33. The number of rotatable bonds is 7. The molecule has 0 radical (unpaired) electrons. The molecular weight excluding hydrogens is 449 g/mol. The molecule has 180 valence electrons. The normalized spacial score (nSPS) is 13.8. The van der Waals surface area contributed by atoms with Crippen LogP contribution in [0.25, 0.3) is 11.0 Å². The fourth-order valence-electron chi connectivity index (χ4n) is 4.27. The first kappa shape index (κ1) is 22.6. The number of aromatic nitrogens is 4. The summed E-state index contributed by atoms with van der Waals surface area (Å²) in [6.45, 7) is 4.07. The van der Waals surface area contributed by atoms with Crippen LogP contribution in [0.1, 0.15) is 10.4 Å². The number of piperazine rings is 1. The molecule has 2 aromatic heterocycles. The van der Waals surface area contributed by atoms with E-state index in [-0.39, 0.29) is 11.7 Å². The Balaban J connectivity index is 1.22. The number of carbonyl (C=O) groups excluding carboxylic acids is 1. The highest BCUT2D eigenvalue weighted by Gasteiger charge is 2.21. The summed E-state index contributed by atoms with van der Waals surface area (Å²) in [7, 11) is 1.57. The molecule has 0 saturated carbocycles. The smallest absolute Gasteiger partial charge is 0.251 e. The number of fused-ring (bicyclic) bond motifs is 1. The third kappa shape index (κ3) is 4.86. The molecule has 0 spiro atoms. The zero-order chi connectivity index (χ0) is 24.2. The second-order valence-corrected chi connectivity index (χ2v) is 8.24. The van der Waals surface area contributed by atoms with Crippen LogP contribution in [-0.2, 0) is 6.54 Å². The number of benzene rings is 2. The van der Waals surface area contributed by atoms with Gasteiger partial charge in [0.15, 0.2) is 5.65 Å². The molecule has 4 aromatic rings. The number of halogens is 1. The Kier molecular flexibility index (Phi) is 6.42. The summed E-state index contributed by atoms with van der Waals surface area (Å²) in [4.78, 5) is 25.9. The third-order valence-corrected chi connectivity index (χ3v) is 6.12. The molecule has 0 atom stereocenters. The Labute approximate surface area is 202 Å². The standard InChI is InChI=1S/C25H26FN7O2/c1-35-21-4-2-3-18(15-21)25(34)27-9-10-33-24-22(16-30-33)23(28-17-29-24)32-13-11-31(12-14-32)20-7-5-19(26)6-8-20/h2-8,15-17H,9-14H2,1H3,(H,27,34). The topological polar surface area (TPSA) is 88.4 Å². The van der Waals surface area contributed by atoms with Crippen LogP contribution in [0.3, 0.4) is 0 Å². The molecular formula is C25H26FN7O2. The van der Waals surface area contributed by atoms with Gasteiger partial charge < -0.3 is 19.9 Å². The van der Waals surface area contributed by atoms with Crippen molar-refractivity contribution in [1.29, 1.82) is 0 Å². The molecule has 1 aliphatic heterocycles. The molecule has 1 aliphatic rings. The molecule has 9 nitrogen and oxygen atoms in total. The van der Waals surface area contributed by atoms with Crippen LogP contribution in [0.2, 0.25) is 0 Å². The Bertz CT molecular complexity index is 1320. The third-order valence-electron chi connectivity index (χ3n) is 6.12. The Morgan fingerprint density at radius 3 is 2.60 bits per heavy atom. The molecule has 1 amide bonds. The number of ether oxygens (including phenoxy) is 1. The minimum absolute atomic E-state index is 0.172. The van der Waals surface area contributed by atoms with Crippen molar-refractivity contribution in [3.63, 3.8) is 0 Å². The average Bonchev–Trinajstić information content (AvgIpc) is 3.32. The zero-order valence-electron chi connectivity index (χ0n) is 19.4. The molecule has 35 heavy (non-hydrogen) atoms. The Morgan fingerprint density at radius 1 is 1.06 bits per heavy atom. The van der Waals surface area contributed by atoms with Gasteiger partial charge >= 0.3 is 0 Å².